The van der Waals surface area contributed by atoms with Gasteiger partial charge in [-0.25, -0.2) is 4.79 Å². The van der Waals surface area contributed by atoms with E-state index in [1.54, 1.807) is 26.0 Å². The maximum atomic E-state index is 11.8. The lowest BCUT2D eigenvalue weighted by Crippen LogP contribution is -2.16. The highest BCUT2D eigenvalue weighted by molar-refractivity contribution is 7.98. The van der Waals surface area contributed by atoms with Crippen LogP contribution in [0.4, 0.5) is 0 Å². The van der Waals surface area contributed by atoms with Gasteiger partial charge in [0.05, 0.1) is 12.2 Å². The Morgan fingerprint density at radius 3 is 2.53 bits per heavy atom. The molecule has 0 radical (unpaired) electrons. The molecule has 1 amide bonds. The van der Waals surface area contributed by atoms with Crippen LogP contribution in [0, 0.1) is 6.92 Å². The Hall–Kier alpha value is -1.49. The summed E-state index contributed by atoms with van der Waals surface area (Å²) in [6, 6.07) is 3.34. The van der Waals surface area contributed by atoms with E-state index in [2.05, 4.69) is 0 Å². The molecule has 1 aromatic rings. The van der Waals surface area contributed by atoms with Gasteiger partial charge in [0.25, 0.3) is 0 Å². The van der Waals surface area contributed by atoms with Crippen LogP contribution in [0.1, 0.15) is 33.2 Å². The van der Waals surface area contributed by atoms with Crippen molar-refractivity contribution in [2.24, 2.45) is 5.73 Å². The zero-order valence-corrected chi connectivity index (χ0v) is 10.9. The highest BCUT2D eigenvalue weighted by atomic mass is 32.2. The topological polar surface area (TPSA) is 69.4 Å². The molecule has 0 bridgehead atoms. The molecule has 2 N–H and O–H groups in total. The summed E-state index contributed by atoms with van der Waals surface area (Å²) < 4.78 is 4.98. The minimum Gasteiger partial charge on any atom is -0.462 e. The van der Waals surface area contributed by atoms with Crippen LogP contribution < -0.4 is 5.73 Å². The first-order valence-electron chi connectivity index (χ1n) is 5.17. The Morgan fingerprint density at radius 1 is 1.41 bits per heavy atom. The van der Waals surface area contributed by atoms with E-state index in [1.807, 2.05) is 6.26 Å². The van der Waals surface area contributed by atoms with Gasteiger partial charge in [-0.05, 0) is 37.8 Å². The van der Waals surface area contributed by atoms with Crippen LogP contribution >= 0.6 is 11.8 Å². The predicted molar refractivity (Wildman–Crippen MR) is 67.4 cm³/mol. The fourth-order valence-corrected chi connectivity index (χ4v) is 2.23. The summed E-state index contributed by atoms with van der Waals surface area (Å²) in [5, 5.41) is 0. The van der Waals surface area contributed by atoms with E-state index >= 15 is 0 Å². The van der Waals surface area contributed by atoms with Gasteiger partial charge in [0, 0.05) is 10.5 Å². The lowest BCUT2D eigenvalue weighted by Gasteiger charge is -2.12. The van der Waals surface area contributed by atoms with Crippen LogP contribution in [0.15, 0.2) is 17.0 Å². The fraction of sp³-hybridized carbons (Fsp3) is 0.333. The first kappa shape index (κ1) is 13.6. The fourth-order valence-electron chi connectivity index (χ4n) is 1.58. The van der Waals surface area contributed by atoms with Crippen LogP contribution in [0.5, 0.6) is 0 Å². The number of ether oxygens (including phenoxy) is 1. The van der Waals surface area contributed by atoms with Crippen molar-refractivity contribution in [1.29, 1.82) is 0 Å². The zero-order valence-electron chi connectivity index (χ0n) is 10.1. The van der Waals surface area contributed by atoms with Crippen LogP contribution in [-0.2, 0) is 4.74 Å². The molecule has 0 unspecified atom stereocenters. The average molecular weight is 253 g/mol. The Balaban J connectivity index is 3.37. The maximum Gasteiger partial charge on any atom is 0.339 e. The minimum absolute atomic E-state index is 0.299. The zero-order chi connectivity index (χ0) is 13.0. The second kappa shape index (κ2) is 5.72. The molecule has 17 heavy (non-hydrogen) atoms. The van der Waals surface area contributed by atoms with Gasteiger partial charge in [-0.1, -0.05) is 0 Å². The SMILES string of the molecule is CCOC(=O)c1c(SC)ccc(C(N)=O)c1C. The Kier molecular flexibility index (Phi) is 4.57. The van der Waals surface area contributed by atoms with E-state index in [4.69, 9.17) is 10.5 Å². The van der Waals surface area contributed by atoms with Gasteiger partial charge in [0.15, 0.2) is 0 Å². The van der Waals surface area contributed by atoms with Crippen molar-refractivity contribution < 1.29 is 14.3 Å². The summed E-state index contributed by atoms with van der Waals surface area (Å²) in [7, 11) is 0. The van der Waals surface area contributed by atoms with E-state index in [9.17, 15) is 9.59 Å². The smallest absolute Gasteiger partial charge is 0.339 e. The number of esters is 1. The molecular formula is C12H15NO3S. The molecule has 0 aromatic heterocycles. The lowest BCUT2D eigenvalue weighted by atomic mass is 10.0. The van der Waals surface area contributed by atoms with Crippen LogP contribution in [0.2, 0.25) is 0 Å². The molecule has 0 fully saturated rings. The number of rotatable bonds is 4. The second-order valence-electron chi connectivity index (χ2n) is 3.40. The van der Waals surface area contributed by atoms with Crippen LogP contribution in [0.25, 0.3) is 0 Å². The van der Waals surface area contributed by atoms with E-state index in [0.29, 0.717) is 23.3 Å². The number of carbonyl (C=O) groups excluding carboxylic acids is 2. The first-order chi connectivity index (χ1) is 8.02. The first-order valence-corrected chi connectivity index (χ1v) is 6.39. The molecule has 0 saturated carbocycles. The van der Waals surface area contributed by atoms with Gasteiger partial charge >= 0.3 is 5.97 Å². The number of thioether (sulfide) groups is 1. The van der Waals surface area contributed by atoms with E-state index in [1.165, 1.54) is 11.8 Å². The van der Waals surface area contributed by atoms with Crippen molar-refractivity contribution >= 4 is 23.6 Å². The molecule has 5 heteroatoms. The molecule has 0 aliphatic heterocycles. The summed E-state index contributed by atoms with van der Waals surface area (Å²) in [5.41, 5.74) is 6.60. The molecule has 1 rings (SSSR count). The van der Waals surface area contributed by atoms with Crippen molar-refractivity contribution in [3.05, 3.63) is 28.8 Å². The summed E-state index contributed by atoms with van der Waals surface area (Å²) in [6.07, 6.45) is 1.86. The third-order valence-corrected chi connectivity index (χ3v) is 3.17. The minimum atomic E-state index is -0.541. The number of benzene rings is 1. The molecule has 0 aliphatic carbocycles. The van der Waals surface area contributed by atoms with Crippen molar-refractivity contribution in [2.75, 3.05) is 12.9 Å². The van der Waals surface area contributed by atoms with Crippen LogP contribution in [-0.4, -0.2) is 24.7 Å². The van der Waals surface area contributed by atoms with Gasteiger partial charge in [0.2, 0.25) is 5.91 Å². The Morgan fingerprint density at radius 2 is 2.06 bits per heavy atom. The molecule has 4 nitrogen and oxygen atoms in total. The normalized spacial score (nSPS) is 10.1. The Labute approximate surface area is 105 Å². The molecule has 1 aromatic carbocycles. The van der Waals surface area contributed by atoms with Gasteiger partial charge in [-0.2, -0.15) is 0 Å². The lowest BCUT2D eigenvalue weighted by molar-refractivity contribution is 0.0521. The number of nitrogens with two attached hydrogens (primary N) is 1. The van der Waals surface area contributed by atoms with Gasteiger partial charge in [-0.3, -0.25) is 4.79 Å². The van der Waals surface area contributed by atoms with Gasteiger partial charge in [0.1, 0.15) is 0 Å². The molecular weight excluding hydrogens is 238 g/mol. The van der Waals surface area contributed by atoms with Crippen molar-refractivity contribution in [3.63, 3.8) is 0 Å². The Bertz CT molecular complexity index is 457. The quantitative estimate of drug-likeness (QED) is 0.658. The number of amides is 1. The molecule has 0 atom stereocenters. The van der Waals surface area contributed by atoms with Gasteiger partial charge < -0.3 is 10.5 Å². The maximum absolute atomic E-state index is 11.8. The molecule has 0 aliphatic rings. The number of carbonyl (C=O) groups is 2. The van der Waals surface area contributed by atoms with E-state index in [0.717, 1.165) is 4.90 Å². The van der Waals surface area contributed by atoms with E-state index < -0.39 is 11.9 Å². The monoisotopic (exact) mass is 253 g/mol. The standard InChI is InChI=1S/C12H15NO3S/c1-4-16-12(15)10-7(2)8(11(13)14)5-6-9(10)17-3/h5-6H,4H2,1-3H3,(H2,13,14). The number of primary amides is 1. The highest BCUT2D eigenvalue weighted by Gasteiger charge is 2.19. The average Bonchev–Trinajstić information content (AvgIpc) is 2.27. The number of hydrogen-bond donors (Lipinski definition) is 1. The third-order valence-electron chi connectivity index (χ3n) is 2.39. The third kappa shape index (κ3) is 2.79. The van der Waals surface area contributed by atoms with Crippen molar-refractivity contribution in [2.45, 2.75) is 18.7 Å². The van der Waals surface area contributed by atoms with E-state index in [-0.39, 0.29) is 0 Å². The predicted octanol–water partition coefficient (Wildman–Crippen LogP) is 1.99. The molecule has 0 heterocycles. The largest absolute Gasteiger partial charge is 0.462 e. The van der Waals surface area contributed by atoms with Crippen molar-refractivity contribution in [3.8, 4) is 0 Å². The molecule has 92 valence electrons. The number of hydrogen-bond acceptors (Lipinski definition) is 4. The summed E-state index contributed by atoms with van der Waals surface area (Å²) in [6.45, 7) is 3.74. The van der Waals surface area contributed by atoms with Crippen molar-refractivity contribution in [1.82, 2.24) is 0 Å². The summed E-state index contributed by atoms with van der Waals surface area (Å²) in [5.74, 6) is -0.960. The molecule has 0 saturated heterocycles. The summed E-state index contributed by atoms with van der Waals surface area (Å²) in [4.78, 5) is 23.8. The second-order valence-corrected chi connectivity index (χ2v) is 4.25. The molecule has 0 spiro atoms. The van der Waals surface area contributed by atoms with Crippen LogP contribution in [0.3, 0.4) is 0 Å². The highest BCUT2D eigenvalue weighted by Crippen LogP contribution is 2.26. The van der Waals surface area contributed by atoms with Gasteiger partial charge in [-0.15, -0.1) is 11.8 Å². The summed E-state index contributed by atoms with van der Waals surface area (Å²) >= 11 is 1.43.